The summed E-state index contributed by atoms with van der Waals surface area (Å²) in [4.78, 5) is 26.0. The van der Waals surface area contributed by atoms with Crippen molar-refractivity contribution in [1.82, 2.24) is 19.8 Å². The Kier molecular flexibility index (Phi) is 5.61. The summed E-state index contributed by atoms with van der Waals surface area (Å²) in [6, 6.07) is 10.3. The number of nitrogens with zero attached hydrogens (tertiary/aromatic N) is 4. The Bertz CT molecular complexity index is 1280. The number of benzene rings is 1. The third-order valence-corrected chi connectivity index (χ3v) is 9.70. The van der Waals surface area contributed by atoms with Crippen LogP contribution in [0.25, 0.3) is 16.7 Å². The first kappa shape index (κ1) is 22.5. The molecule has 0 radical (unpaired) electrons. The first-order valence-corrected chi connectivity index (χ1v) is 14.1. The summed E-state index contributed by atoms with van der Waals surface area (Å²) in [7, 11) is 0. The van der Waals surface area contributed by atoms with E-state index in [4.69, 9.17) is 4.98 Å². The highest BCUT2D eigenvalue weighted by Gasteiger charge is 2.45. The molecular weight excluding hydrogens is 446 g/mol. The number of allylic oxidation sites excluding steroid dienone is 1. The molecule has 5 aliphatic rings. The van der Waals surface area contributed by atoms with Gasteiger partial charge in [-0.3, -0.25) is 9.69 Å². The maximum absolute atomic E-state index is 14.1. The maximum atomic E-state index is 14.1. The number of aromatic nitrogens is 2. The molecule has 2 aliphatic carbocycles. The lowest BCUT2D eigenvalue weighted by Gasteiger charge is -2.55. The summed E-state index contributed by atoms with van der Waals surface area (Å²) in [6.07, 6.45) is 18.1. The van der Waals surface area contributed by atoms with E-state index in [1.165, 1.54) is 57.8 Å². The van der Waals surface area contributed by atoms with Gasteiger partial charge in [-0.25, -0.2) is 9.98 Å². The summed E-state index contributed by atoms with van der Waals surface area (Å²) in [5.41, 5.74) is 2.98. The molecule has 0 amide bonds. The Morgan fingerprint density at radius 3 is 2.33 bits per heavy atom. The van der Waals surface area contributed by atoms with Gasteiger partial charge in [0.1, 0.15) is 5.82 Å². The van der Waals surface area contributed by atoms with E-state index < -0.39 is 0 Å². The molecule has 7 rings (SSSR count). The van der Waals surface area contributed by atoms with Gasteiger partial charge < -0.3 is 9.88 Å². The fourth-order valence-corrected chi connectivity index (χ4v) is 8.40. The van der Waals surface area contributed by atoms with Crippen molar-refractivity contribution >= 4 is 22.9 Å². The van der Waals surface area contributed by atoms with Crippen LogP contribution in [0.1, 0.15) is 82.4 Å². The highest BCUT2D eigenvalue weighted by Crippen LogP contribution is 2.47. The van der Waals surface area contributed by atoms with Crippen LogP contribution in [0.5, 0.6) is 0 Å². The number of para-hydroxylation sites is 2. The molecule has 2 saturated carbocycles. The quantitative estimate of drug-likeness (QED) is 0.634. The van der Waals surface area contributed by atoms with Gasteiger partial charge in [-0.15, -0.1) is 0 Å². The molecule has 3 aliphatic heterocycles. The van der Waals surface area contributed by atoms with Crippen LogP contribution in [0.2, 0.25) is 0 Å². The number of fused-ring (bicyclic) bond motifs is 5. The van der Waals surface area contributed by atoms with Crippen LogP contribution in [0.4, 0.5) is 0 Å². The van der Waals surface area contributed by atoms with E-state index in [1.807, 2.05) is 24.3 Å². The Morgan fingerprint density at radius 2 is 1.58 bits per heavy atom. The normalized spacial score (nSPS) is 34.3. The summed E-state index contributed by atoms with van der Waals surface area (Å²) >= 11 is 0. The number of hydrogen-bond acceptors (Lipinski definition) is 5. The van der Waals surface area contributed by atoms with E-state index in [2.05, 4.69) is 32.4 Å². The largest absolute Gasteiger partial charge is 0.339 e. The van der Waals surface area contributed by atoms with Gasteiger partial charge in [0.15, 0.2) is 5.69 Å². The monoisotopic (exact) mass is 483 g/mol. The number of aliphatic imine (C=N–C) groups is 1. The fourth-order valence-electron chi connectivity index (χ4n) is 8.40. The number of rotatable bonds is 3. The predicted molar refractivity (Wildman–Crippen MR) is 145 cm³/mol. The van der Waals surface area contributed by atoms with Crippen molar-refractivity contribution in [2.45, 2.75) is 94.8 Å². The van der Waals surface area contributed by atoms with Gasteiger partial charge in [0, 0.05) is 30.4 Å². The fraction of sp³-hybridized carbons (Fsp3) is 0.567. The smallest absolute Gasteiger partial charge is 0.279 e. The van der Waals surface area contributed by atoms with Crippen LogP contribution in [0, 0.1) is 11.8 Å². The van der Waals surface area contributed by atoms with E-state index in [-0.39, 0.29) is 11.6 Å². The van der Waals surface area contributed by atoms with Gasteiger partial charge in [-0.05, 0) is 75.0 Å². The van der Waals surface area contributed by atoms with E-state index >= 15 is 0 Å². The topological polar surface area (TPSA) is 62.5 Å². The van der Waals surface area contributed by atoms with E-state index in [0.29, 0.717) is 29.3 Å². The van der Waals surface area contributed by atoms with Crippen LogP contribution in [0.15, 0.2) is 52.5 Å². The zero-order valence-electron chi connectivity index (χ0n) is 21.1. The highest BCUT2D eigenvalue weighted by atomic mass is 16.1. The van der Waals surface area contributed by atoms with Gasteiger partial charge in [-0.1, -0.05) is 44.4 Å². The van der Waals surface area contributed by atoms with E-state index in [0.717, 1.165) is 41.8 Å². The van der Waals surface area contributed by atoms with Crippen molar-refractivity contribution in [2.24, 2.45) is 16.8 Å². The predicted octanol–water partition coefficient (Wildman–Crippen LogP) is 5.41. The highest BCUT2D eigenvalue weighted by molar-refractivity contribution is 5.87. The van der Waals surface area contributed by atoms with Crippen LogP contribution < -0.4 is 10.9 Å². The molecule has 4 fully saturated rings. The molecule has 4 bridgehead atoms. The molecular formula is C30H37N5O. The second-order valence-corrected chi connectivity index (χ2v) is 11.9. The van der Waals surface area contributed by atoms with Crippen molar-refractivity contribution in [3.05, 3.63) is 58.8 Å². The molecule has 2 aromatic rings. The Labute approximate surface area is 213 Å². The van der Waals surface area contributed by atoms with Gasteiger partial charge in [0.2, 0.25) is 0 Å². The van der Waals surface area contributed by atoms with Gasteiger partial charge >= 0.3 is 0 Å². The molecule has 1 N–H and O–H groups in total. The second kappa shape index (κ2) is 8.98. The number of piperidine rings is 2. The Balaban J connectivity index is 1.25. The SMILES string of the molecule is C=C1N=CC=C(c2nc3ccccc3n(C3CC4CCCC(C3)N4C3CC4CCCC(C4)C3)c2=O)N1. The van der Waals surface area contributed by atoms with E-state index in [1.54, 1.807) is 6.21 Å². The van der Waals surface area contributed by atoms with Gasteiger partial charge in [0.05, 0.1) is 16.7 Å². The Hall–Kier alpha value is -2.73. The van der Waals surface area contributed by atoms with Crippen LogP contribution in [-0.2, 0) is 0 Å². The summed E-state index contributed by atoms with van der Waals surface area (Å²) in [6.45, 7) is 3.91. The third kappa shape index (κ3) is 3.85. The lowest BCUT2D eigenvalue weighted by molar-refractivity contribution is -0.0485. The average Bonchev–Trinajstić information content (AvgIpc) is 2.87. The van der Waals surface area contributed by atoms with Crippen LogP contribution >= 0.6 is 0 Å². The summed E-state index contributed by atoms with van der Waals surface area (Å²) < 4.78 is 2.09. The number of hydrogen-bond donors (Lipinski definition) is 1. The zero-order chi connectivity index (χ0) is 24.2. The van der Waals surface area contributed by atoms with Crippen LogP contribution in [0.3, 0.4) is 0 Å². The lowest BCUT2D eigenvalue weighted by atomic mass is 9.68. The molecule has 4 heterocycles. The van der Waals surface area contributed by atoms with Crippen LogP contribution in [-0.4, -0.2) is 38.8 Å². The molecule has 188 valence electrons. The Morgan fingerprint density at radius 1 is 0.861 bits per heavy atom. The molecule has 0 spiro atoms. The molecule has 4 unspecified atom stereocenters. The minimum Gasteiger partial charge on any atom is -0.339 e. The molecule has 36 heavy (non-hydrogen) atoms. The molecule has 4 atom stereocenters. The number of nitrogens with one attached hydrogen (secondary N) is 1. The van der Waals surface area contributed by atoms with Crippen molar-refractivity contribution < 1.29 is 0 Å². The molecule has 6 heteroatoms. The molecule has 1 aromatic carbocycles. The van der Waals surface area contributed by atoms with Crippen molar-refractivity contribution in [3.8, 4) is 0 Å². The standard InChI is InChI=1S/C30H37N5O/c1-19-31-13-12-27(32-19)29-30(36)35(28-11-3-2-10-26(28)33-29)25-17-22-8-5-9-23(18-25)34(22)24-15-20-6-4-7-21(14-20)16-24/h2-3,10-13,20-25,32H,1,4-9,14-18H2. The third-order valence-electron chi connectivity index (χ3n) is 9.70. The summed E-state index contributed by atoms with van der Waals surface area (Å²) in [5, 5.41) is 3.16. The average molecular weight is 484 g/mol. The van der Waals surface area contributed by atoms with Gasteiger partial charge in [0.25, 0.3) is 5.56 Å². The summed E-state index contributed by atoms with van der Waals surface area (Å²) in [5.74, 6) is 2.43. The lowest BCUT2D eigenvalue weighted by Crippen LogP contribution is -2.58. The van der Waals surface area contributed by atoms with Gasteiger partial charge in [-0.2, -0.15) is 0 Å². The minimum absolute atomic E-state index is 0.000674. The first-order valence-electron chi connectivity index (χ1n) is 14.1. The minimum atomic E-state index is -0.000674. The zero-order valence-corrected chi connectivity index (χ0v) is 21.1. The molecule has 1 aromatic heterocycles. The van der Waals surface area contributed by atoms with Crippen molar-refractivity contribution in [3.63, 3.8) is 0 Å². The molecule has 6 nitrogen and oxygen atoms in total. The maximum Gasteiger partial charge on any atom is 0.279 e. The van der Waals surface area contributed by atoms with E-state index in [9.17, 15) is 4.79 Å². The van der Waals surface area contributed by atoms with Crippen molar-refractivity contribution in [2.75, 3.05) is 0 Å². The second-order valence-electron chi connectivity index (χ2n) is 11.9. The molecule has 2 saturated heterocycles. The van der Waals surface area contributed by atoms with Crippen molar-refractivity contribution in [1.29, 1.82) is 0 Å². The first-order chi connectivity index (χ1) is 17.6.